The molecule has 0 radical (unpaired) electrons. The van der Waals surface area contributed by atoms with Gasteiger partial charge < -0.3 is 14.8 Å². The summed E-state index contributed by atoms with van der Waals surface area (Å²) in [6, 6.07) is 12.8. The molecular weight excluding hydrogens is 269 g/mol. The second-order valence-corrected chi connectivity index (χ2v) is 5.05. The van der Waals surface area contributed by atoms with E-state index in [1.165, 1.54) is 12.1 Å². The highest BCUT2D eigenvalue weighted by Crippen LogP contribution is 2.34. The lowest BCUT2D eigenvalue weighted by Gasteiger charge is -2.19. The van der Waals surface area contributed by atoms with Crippen molar-refractivity contribution in [3.05, 3.63) is 59.4 Å². The van der Waals surface area contributed by atoms with Gasteiger partial charge in [0.1, 0.15) is 5.82 Å². The largest absolute Gasteiger partial charge is 0.454 e. The Morgan fingerprint density at radius 1 is 1.10 bits per heavy atom. The molecule has 0 amide bonds. The third-order valence-corrected chi connectivity index (χ3v) is 3.60. The Morgan fingerprint density at radius 2 is 1.86 bits per heavy atom. The van der Waals surface area contributed by atoms with Crippen LogP contribution in [0.2, 0.25) is 0 Å². The molecule has 0 bridgehead atoms. The van der Waals surface area contributed by atoms with Crippen LogP contribution in [0, 0.1) is 5.82 Å². The van der Waals surface area contributed by atoms with E-state index in [2.05, 4.69) is 12.2 Å². The van der Waals surface area contributed by atoms with Crippen LogP contribution in [0.15, 0.2) is 42.5 Å². The maximum absolute atomic E-state index is 13.0. The first-order valence-corrected chi connectivity index (χ1v) is 7.13. The lowest BCUT2D eigenvalue weighted by molar-refractivity contribution is 0.174. The SMILES string of the molecule is CCNC(Cc1ccc(F)cc1)c1ccc2c(c1)OCO2. The van der Waals surface area contributed by atoms with Gasteiger partial charge in [0.05, 0.1) is 0 Å². The number of benzene rings is 2. The van der Waals surface area contributed by atoms with Crippen LogP contribution in [-0.2, 0) is 6.42 Å². The van der Waals surface area contributed by atoms with E-state index in [9.17, 15) is 4.39 Å². The number of likely N-dealkylation sites (N-methyl/N-ethyl adjacent to an activating group) is 1. The molecule has 0 saturated heterocycles. The summed E-state index contributed by atoms with van der Waals surface area (Å²) in [6.07, 6.45) is 0.799. The molecule has 0 saturated carbocycles. The van der Waals surface area contributed by atoms with Crippen LogP contribution in [0.25, 0.3) is 0 Å². The average Bonchev–Trinajstić information content (AvgIpc) is 2.96. The number of hydrogen-bond donors (Lipinski definition) is 1. The standard InChI is InChI=1S/C17H18FNO2/c1-2-19-15(9-12-3-6-14(18)7-4-12)13-5-8-16-17(10-13)21-11-20-16/h3-8,10,15,19H,2,9,11H2,1H3. The molecule has 110 valence electrons. The number of hydrogen-bond acceptors (Lipinski definition) is 3. The van der Waals surface area contributed by atoms with E-state index < -0.39 is 0 Å². The van der Waals surface area contributed by atoms with Crippen molar-refractivity contribution in [2.45, 2.75) is 19.4 Å². The lowest BCUT2D eigenvalue weighted by Crippen LogP contribution is -2.22. The molecule has 0 fully saturated rings. The highest BCUT2D eigenvalue weighted by atomic mass is 19.1. The maximum Gasteiger partial charge on any atom is 0.231 e. The number of fused-ring (bicyclic) bond motifs is 1. The molecule has 1 aliphatic rings. The molecule has 2 aromatic rings. The number of rotatable bonds is 5. The summed E-state index contributed by atoms with van der Waals surface area (Å²) in [5.74, 6) is 1.37. The van der Waals surface area contributed by atoms with E-state index in [1.807, 2.05) is 30.3 Å². The Bertz CT molecular complexity index is 613. The van der Waals surface area contributed by atoms with Crippen molar-refractivity contribution >= 4 is 0 Å². The lowest BCUT2D eigenvalue weighted by atomic mass is 9.98. The zero-order valence-corrected chi connectivity index (χ0v) is 11.9. The average molecular weight is 287 g/mol. The molecule has 0 aromatic heterocycles. The topological polar surface area (TPSA) is 30.5 Å². The van der Waals surface area contributed by atoms with E-state index in [1.54, 1.807) is 0 Å². The van der Waals surface area contributed by atoms with Gasteiger partial charge in [0.25, 0.3) is 0 Å². The van der Waals surface area contributed by atoms with Crippen molar-refractivity contribution in [1.29, 1.82) is 0 Å². The Labute approximate surface area is 123 Å². The third kappa shape index (κ3) is 3.16. The van der Waals surface area contributed by atoms with Crippen molar-refractivity contribution < 1.29 is 13.9 Å². The van der Waals surface area contributed by atoms with Crippen LogP contribution in [0.1, 0.15) is 24.1 Å². The quantitative estimate of drug-likeness (QED) is 0.913. The third-order valence-electron chi connectivity index (χ3n) is 3.60. The molecule has 1 aliphatic heterocycles. The Hall–Kier alpha value is -2.07. The fourth-order valence-electron chi connectivity index (χ4n) is 2.54. The van der Waals surface area contributed by atoms with Crippen molar-refractivity contribution in [2.24, 2.45) is 0 Å². The van der Waals surface area contributed by atoms with E-state index in [0.29, 0.717) is 0 Å². The Balaban J connectivity index is 1.82. The second-order valence-electron chi connectivity index (χ2n) is 5.05. The first-order valence-electron chi connectivity index (χ1n) is 7.13. The minimum absolute atomic E-state index is 0.162. The van der Waals surface area contributed by atoms with Crippen LogP contribution in [-0.4, -0.2) is 13.3 Å². The van der Waals surface area contributed by atoms with Gasteiger partial charge in [0.2, 0.25) is 6.79 Å². The molecule has 0 spiro atoms. The van der Waals surface area contributed by atoms with Crippen LogP contribution in [0.5, 0.6) is 11.5 Å². The fraction of sp³-hybridized carbons (Fsp3) is 0.294. The molecular formula is C17H18FNO2. The van der Waals surface area contributed by atoms with Gasteiger partial charge in [-0.1, -0.05) is 25.1 Å². The van der Waals surface area contributed by atoms with Crippen LogP contribution >= 0.6 is 0 Å². The van der Waals surface area contributed by atoms with Crippen molar-refractivity contribution in [3.8, 4) is 11.5 Å². The predicted molar refractivity (Wildman–Crippen MR) is 79.1 cm³/mol. The van der Waals surface area contributed by atoms with Gasteiger partial charge in [-0.3, -0.25) is 0 Å². The maximum atomic E-state index is 13.0. The van der Waals surface area contributed by atoms with Crippen LogP contribution in [0.3, 0.4) is 0 Å². The van der Waals surface area contributed by atoms with Gasteiger partial charge in [-0.2, -0.15) is 0 Å². The van der Waals surface area contributed by atoms with E-state index in [-0.39, 0.29) is 18.7 Å². The molecule has 0 aliphatic carbocycles. The summed E-state index contributed by atoms with van der Waals surface area (Å²) in [5, 5.41) is 3.46. The second kappa shape index (κ2) is 6.14. The number of nitrogens with one attached hydrogen (secondary N) is 1. The molecule has 4 heteroatoms. The summed E-state index contributed by atoms with van der Waals surface area (Å²) >= 11 is 0. The minimum atomic E-state index is -0.207. The summed E-state index contributed by atoms with van der Waals surface area (Å²) in [7, 11) is 0. The van der Waals surface area contributed by atoms with E-state index >= 15 is 0 Å². The molecule has 2 aromatic carbocycles. The first-order chi connectivity index (χ1) is 10.3. The molecule has 3 rings (SSSR count). The molecule has 1 atom stereocenters. The highest BCUT2D eigenvalue weighted by Gasteiger charge is 2.17. The van der Waals surface area contributed by atoms with Gasteiger partial charge >= 0.3 is 0 Å². The van der Waals surface area contributed by atoms with Crippen LogP contribution in [0.4, 0.5) is 4.39 Å². The highest BCUT2D eigenvalue weighted by molar-refractivity contribution is 5.45. The molecule has 3 nitrogen and oxygen atoms in total. The fourth-order valence-corrected chi connectivity index (χ4v) is 2.54. The molecule has 1 heterocycles. The first kappa shape index (κ1) is 13.9. The summed E-state index contributed by atoms with van der Waals surface area (Å²) in [4.78, 5) is 0. The smallest absolute Gasteiger partial charge is 0.231 e. The van der Waals surface area contributed by atoms with Crippen molar-refractivity contribution in [2.75, 3.05) is 13.3 Å². The van der Waals surface area contributed by atoms with Crippen molar-refractivity contribution in [3.63, 3.8) is 0 Å². The van der Waals surface area contributed by atoms with Crippen LogP contribution < -0.4 is 14.8 Å². The molecule has 1 N–H and O–H groups in total. The monoisotopic (exact) mass is 287 g/mol. The number of halogens is 1. The summed E-state index contributed by atoms with van der Waals surface area (Å²) in [6.45, 7) is 3.22. The van der Waals surface area contributed by atoms with Gasteiger partial charge in [0.15, 0.2) is 11.5 Å². The van der Waals surface area contributed by atoms with E-state index in [0.717, 1.165) is 35.6 Å². The van der Waals surface area contributed by atoms with Gasteiger partial charge in [0, 0.05) is 6.04 Å². The number of ether oxygens (including phenoxy) is 2. The van der Waals surface area contributed by atoms with Gasteiger partial charge in [-0.25, -0.2) is 4.39 Å². The summed E-state index contributed by atoms with van der Waals surface area (Å²) < 4.78 is 23.8. The van der Waals surface area contributed by atoms with Crippen molar-refractivity contribution in [1.82, 2.24) is 5.32 Å². The zero-order chi connectivity index (χ0) is 14.7. The van der Waals surface area contributed by atoms with E-state index in [4.69, 9.17) is 9.47 Å². The normalized spacial score (nSPS) is 14.2. The minimum Gasteiger partial charge on any atom is -0.454 e. The zero-order valence-electron chi connectivity index (χ0n) is 11.9. The summed E-state index contributed by atoms with van der Waals surface area (Å²) in [5.41, 5.74) is 2.24. The molecule has 1 unspecified atom stereocenters. The van der Waals surface area contributed by atoms with Gasteiger partial charge in [-0.15, -0.1) is 0 Å². The Morgan fingerprint density at radius 3 is 2.62 bits per heavy atom. The predicted octanol–water partition coefficient (Wildman–Crippen LogP) is 3.45. The van der Waals surface area contributed by atoms with Gasteiger partial charge in [-0.05, 0) is 48.4 Å². The Kier molecular flexibility index (Phi) is 4.06. The molecule has 21 heavy (non-hydrogen) atoms.